The van der Waals surface area contributed by atoms with Gasteiger partial charge >= 0.3 is 0 Å². The molecule has 2 fully saturated rings. The molecule has 1 aliphatic carbocycles. The zero-order valence-corrected chi connectivity index (χ0v) is 12.4. The minimum Gasteiger partial charge on any atom is -0.383 e. The van der Waals surface area contributed by atoms with Gasteiger partial charge < -0.3 is 10.5 Å². The summed E-state index contributed by atoms with van der Waals surface area (Å²) in [6.45, 7) is 3.08. The van der Waals surface area contributed by atoms with Crippen molar-refractivity contribution in [2.75, 3.05) is 26.8 Å². The Hall–Kier alpha value is -0.900. The van der Waals surface area contributed by atoms with Crippen LogP contribution in [0.4, 0.5) is 0 Å². The lowest BCUT2D eigenvalue weighted by atomic mass is 9.78. The highest BCUT2D eigenvalue weighted by Gasteiger charge is 2.41. The molecule has 4 unspecified atom stereocenters. The minimum absolute atomic E-state index is 0.374. The number of hydrogen-bond acceptors (Lipinski definition) is 3. The molecule has 0 spiro atoms. The van der Waals surface area contributed by atoms with Crippen LogP contribution in [-0.2, 0) is 4.74 Å². The van der Waals surface area contributed by atoms with Gasteiger partial charge in [0.25, 0.3) is 0 Å². The van der Waals surface area contributed by atoms with E-state index in [-0.39, 0.29) is 0 Å². The van der Waals surface area contributed by atoms with E-state index in [0.29, 0.717) is 18.0 Å². The lowest BCUT2D eigenvalue weighted by molar-refractivity contribution is 0.101. The summed E-state index contributed by atoms with van der Waals surface area (Å²) in [7, 11) is 1.80. The molecule has 4 atom stereocenters. The number of methoxy groups -OCH3 is 1. The minimum atomic E-state index is 0.374. The molecule has 0 bridgehead atoms. The zero-order valence-electron chi connectivity index (χ0n) is 12.4. The van der Waals surface area contributed by atoms with Gasteiger partial charge in [-0.2, -0.15) is 0 Å². The van der Waals surface area contributed by atoms with Crippen LogP contribution in [0.3, 0.4) is 0 Å². The van der Waals surface area contributed by atoms with E-state index in [1.165, 1.54) is 31.4 Å². The average Bonchev–Trinajstić information content (AvgIpc) is 2.91. The summed E-state index contributed by atoms with van der Waals surface area (Å²) >= 11 is 0. The maximum absolute atomic E-state index is 6.34. The van der Waals surface area contributed by atoms with Gasteiger partial charge in [-0.3, -0.25) is 4.90 Å². The van der Waals surface area contributed by atoms with E-state index in [2.05, 4.69) is 35.2 Å². The number of nitrogens with two attached hydrogens (primary N) is 1. The highest BCUT2D eigenvalue weighted by atomic mass is 16.5. The van der Waals surface area contributed by atoms with Crippen molar-refractivity contribution >= 4 is 0 Å². The lowest BCUT2D eigenvalue weighted by Crippen LogP contribution is -2.38. The van der Waals surface area contributed by atoms with Crippen molar-refractivity contribution in [3.8, 4) is 0 Å². The fourth-order valence-electron chi connectivity index (χ4n) is 4.05. The third-order valence-electron chi connectivity index (χ3n) is 5.13. The van der Waals surface area contributed by atoms with Gasteiger partial charge in [0.1, 0.15) is 0 Å². The lowest BCUT2D eigenvalue weighted by Gasteiger charge is -2.30. The van der Waals surface area contributed by atoms with Gasteiger partial charge in [-0.05, 0) is 30.2 Å². The zero-order chi connectivity index (χ0) is 13.9. The Bertz CT molecular complexity index is 422. The predicted octanol–water partition coefficient (Wildman–Crippen LogP) is 2.43. The van der Waals surface area contributed by atoms with Crippen molar-refractivity contribution in [1.82, 2.24) is 4.90 Å². The van der Waals surface area contributed by atoms with Crippen LogP contribution in [0.5, 0.6) is 0 Å². The number of ether oxygens (including phenoxy) is 1. The topological polar surface area (TPSA) is 38.5 Å². The first kappa shape index (κ1) is 14.1. The van der Waals surface area contributed by atoms with Crippen molar-refractivity contribution in [3.05, 3.63) is 35.9 Å². The van der Waals surface area contributed by atoms with Crippen molar-refractivity contribution in [2.45, 2.75) is 31.3 Å². The predicted molar refractivity (Wildman–Crippen MR) is 81.4 cm³/mol. The van der Waals surface area contributed by atoms with Crippen molar-refractivity contribution in [3.63, 3.8) is 0 Å². The van der Waals surface area contributed by atoms with Crippen LogP contribution in [0.15, 0.2) is 30.3 Å². The van der Waals surface area contributed by atoms with E-state index >= 15 is 0 Å². The van der Waals surface area contributed by atoms with E-state index < -0.39 is 0 Å². The van der Waals surface area contributed by atoms with Crippen LogP contribution in [0, 0.1) is 11.8 Å². The molecule has 20 heavy (non-hydrogen) atoms. The summed E-state index contributed by atoms with van der Waals surface area (Å²) in [6.07, 6.45) is 3.86. The van der Waals surface area contributed by atoms with Crippen molar-refractivity contribution < 1.29 is 4.74 Å². The van der Waals surface area contributed by atoms with Gasteiger partial charge in [0.15, 0.2) is 0 Å². The molecule has 110 valence electrons. The quantitative estimate of drug-likeness (QED) is 0.916. The Balaban J connectivity index is 1.76. The highest BCUT2D eigenvalue weighted by Crippen LogP contribution is 2.39. The smallest absolute Gasteiger partial charge is 0.0659 e. The molecule has 1 aromatic carbocycles. The second-order valence-corrected chi connectivity index (χ2v) is 6.35. The summed E-state index contributed by atoms with van der Waals surface area (Å²) in [5, 5.41) is 0. The summed E-state index contributed by atoms with van der Waals surface area (Å²) < 4.78 is 5.48. The molecule has 3 heteroatoms. The maximum atomic E-state index is 6.34. The van der Waals surface area contributed by atoms with Gasteiger partial charge in [-0.1, -0.05) is 36.8 Å². The Kier molecular flexibility index (Phi) is 4.39. The number of nitrogens with zero attached hydrogens (tertiary/aromatic N) is 1. The second kappa shape index (κ2) is 6.25. The monoisotopic (exact) mass is 274 g/mol. The van der Waals surface area contributed by atoms with E-state index in [9.17, 15) is 0 Å². The number of hydrogen-bond donors (Lipinski definition) is 1. The number of rotatable bonds is 4. The summed E-state index contributed by atoms with van der Waals surface area (Å²) in [5.41, 5.74) is 7.70. The third kappa shape index (κ3) is 2.76. The Morgan fingerprint density at radius 1 is 1.25 bits per heavy atom. The van der Waals surface area contributed by atoms with Crippen molar-refractivity contribution in [1.29, 1.82) is 0 Å². The average molecular weight is 274 g/mol. The molecule has 1 heterocycles. The summed E-state index contributed by atoms with van der Waals surface area (Å²) in [4.78, 5) is 2.60. The standard InChI is InChI=1S/C17H26N2O/c1-20-12-17(13-6-3-2-4-7-13)19-10-14-8-5-9-16(18)15(14)11-19/h2-4,6-7,14-17H,5,8-12,18H2,1H3. The third-order valence-corrected chi connectivity index (χ3v) is 5.13. The molecule has 1 aliphatic heterocycles. The van der Waals surface area contributed by atoms with Gasteiger partial charge in [-0.15, -0.1) is 0 Å². The first-order valence-corrected chi connectivity index (χ1v) is 7.83. The fraction of sp³-hybridized carbons (Fsp3) is 0.647. The summed E-state index contributed by atoms with van der Waals surface area (Å²) in [6, 6.07) is 11.5. The molecule has 1 aromatic rings. The van der Waals surface area contributed by atoms with Gasteiger partial charge in [0, 0.05) is 26.2 Å². The van der Waals surface area contributed by atoms with Crippen molar-refractivity contribution in [2.24, 2.45) is 17.6 Å². The Labute approximate surface area is 122 Å². The van der Waals surface area contributed by atoms with Crippen LogP contribution in [0.2, 0.25) is 0 Å². The number of benzene rings is 1. The molecule has 0 amide bonds. The normalized spacial score (nSPS) is 32.0. The number of fused-ring (bicyclic) bond motifs is 1. The SMILES string of the molecule is COCC(c1ccccc1)N1CC2CCCC(N)C2C1. The molecule has 3 rings (SSSR count). The highest BCUT2D eigenvalue weighted by molar-refractivity contribution is 5.20. The van der Waals surface area contributed by atoms with Crippen LogP contribution in [-0.4, -0.2) is 37.7 Å². The van der Waals surface area contributed by atoms with Crippen LogP contribution in [0.25, 0.3) is 0 Å². The second-order valence-electron chi connectivity index (χ2n) is 6.35. The molecular formula is C17H26N2O. The van der Waals surface area contributed by atoms with E-state index in [4.69, 9.17) is 10.5 Å². The molecule has 1 saturated carbocycles. The van der Waals surface area contributed by atoms with E-state index in [1.807, 2.05) is 0 Å². The van der Waals surface area contributed by atoms with E-state index in [0.717, 1.165) is 19.1 Å². The Morgan fingerprint density at radius 3 is 2.75 bits per heavy atom. The largest absolute Gasteiger partial charge is 0.383 e. The molecule has 0 radical (unpaired) electrons. The molecule has 2 N–H and O–H groups in total. The van der Waals surface area contributed by atoms with Crippen LogP contribution in [0.1, 0.15) is 30.9 Å². The Morgan fingerprint density at radius 2 is 2.05 bits per heavy atom. The maximum Gasteiger partial charge on any atom is 0.0659 e. The molecular weight excluding hydrogens is 248 g/mol. The van der Waals surface area contributed by atoms with Gasteiger partial charge in [-0.25, -0.2) is 0 Å². The fourth-order valence-corrected chi connectivity index (χ4v) is 4.05. The number of likely N-dealkylation sites (tertiary alicyclic amines) is 1. The van der Waals surface area contributed by atoms with E-state index in [1.54, 1.807) is 7.11 Å². The summed E-state index contributed by atoms with van der Waals surface area (Å²) in [5.74, 6) is 1.48. The van der Waals surface area contributed by atoms with Crippen LogP contribution < -0.4 is 5.73 Å². The molecule has 3 nitrogen and oxygen atoms in total. The van der Waals surface area contributed by atoms with Gasteiger partial charge in [0.2, 0.25) is 0 Å². The molecule has 2 aliphatic rings. The molecule has 1 saturated heterocycles. The van der Waals surface area contributed by atoms with Crippen LogP contribution >= 0.6 is 0 Å². The molecule has 0 aromatic heterocycles. The first-order valence-electron chi connectivity index (χ1n) is 7.83. The van der Waals surface area contributed by atoms with Gasteiger partial charge in [0.05, 0.1) is 12.6 Å². The first-order chi connectivity index (χ1) is 9.79.